The van der Waals surface area contributed by atoms with Gasteiger partial charge in [0, 0.05) is 30.7 Å². The predicted molar refractivity (Wildman–Crippen MR) is 139 cm³/mol. The molecule has 2 amide bonds. The largest absolute Gasteiger partial charge is 0.497 e. The molecule has 0 atom stereocenters. The third kappa shape index (κ3) is 5.53. The van der Waals surface area contributed by atoms with Crippen LogP contribution < -0.4 is 4.74 Å². The Balaban J connectivity index is 1.68. The molecule has 1 fully saturated rings. The number of carbonyl (C=O) groups excluding carboxylic acids is 1. The summed E-state index contributed by atoms with van der Waals surface area (Å²) < 4.78 is 7.07. The van der Waals surface area contributed by atoms with Crippen molar-refractivity contribution in [1.82, 2.24) is 19.6 Å². The lowest BCUT2D eigenvalue weighted by atomic mass is 10.0. The molecule has 8 heteroatoms. The average molecular weight is 491 g/mol. The number of hydrogen-bond donors (Lipinski definition) is 1. The summed E-state index contributed by atoms with van der Waals surface area (Å²) >= 11 is 0. The molecule has 8 nitrogen and oxygen atoms in total. The highest BCUT2D eigenvalue weighted by molar-refractivity contribution is 5.93. The van der Waals surface area contributed by atoms with Crippen LogP contribution in [-0.2, 0) is 6.54 Å². The van der Waals surface area contributed by atoms with Crippen LogP contribution in [0.3, 0.4) is 0 Å². The van der Waals surface area contributed by atoms with E-state index in [1.807, 2.05) is 80.3 Å². The van der Waals surface area contributed by atoms with Crippen molar-refractivity contribution in [3.63, 3.8) is 0 Å². The van der Waals surface area contributed by atoms with Gasteiger partial charge in [-0.25, -0.2) is 9.48 Å². The lowest BCUT2D eigenvalue weighted by Crippen LogP contribution is -2.44. The summed E-state index contributed by atoms with van der Waals surface area (Å²) in [5.41, 5.74) is 3.28. The smallest absolute Gasteiger partial charge is 0.408 e. The van der Waals surface area contributed by atoms with Gasteiger partial charge in [-0.3, -0.25) is 9.69 Å². The van der Waals surface area contributed by atoms with Crippen molar-refractivity contribution in [2.75, 3.05) is 20.2 Å². The molecule has 0 aliphatic carbocycles. The van der Waals surface area contributed by atoms with Crippen LogP contribution in [0.5, 0.6) is 5.75 Å². The third-order valence-corrected chi connectivity index (χ3v) is 6.52. The number of methoxy groups -OCH3 is 1. The molecule has 1 aliphatic heterocycles. The fourth-order valence-electron chi connectivity index (χ4n) is 4.43. The minimum atomic E-state index is -0.954. The Morgan fingerprint density at radius 3 is 2.19 bits per heavy atom. The molecular formula is C28H34N4O4. The molecule has 1 N–H and O–H groups in total. The summed E-state index contributed by atoms with van der Waals surface area (Å²) in [7, 11) is 1.62. The summed E-state index contributed by atoms with van der Waals surface area (Å²) in [5.74, 6) is 0.686. The van der Waals surface area contributed by atoms with E-state index in [0.717, 1.165) is 60.6 Å². The van der Waals surface area contributed by atoms with Gasteiger partial charge in [-0.2, -0.15) is 5.10 Å². The highest BCUT2D eigenvalue weighted by atomic mass is 16.5. The molecule has 4 rings (SSSR count). The van der Waals surface area contributed by atoms with Gasteiger partial charge in [-0.05, 0) is 75.9 Å². The topological polar surface area (TPSA) is 87.9 Å². The van der Waals surface area contributed by atoms with E-state index in [4.69, 9.17) is 9.84 Å². The number of piperidine rings is 1. The van der Waals surface area contributed by atoms with E-state index in [-0.39, 0.29) is 12.5 Å². The fraction of sp³-hybridized carbons (Fsp3) is 0.393. The number of hydrogen-bond acceptors (Lipinski definition) is 4. The van der Waals surface area contributed by atoms with Gasteiger partial charge in [-0.15, -0.1) is 0 Å². The first-order valence-corrected chi connectivity index (χ1v) is 12.3. The molecule has 0 unspecified atom stereocenters. The van der Waals surface area contributed by atoms with E-state index >= 15 is 0 Å². The number of carbonyl (C=O) groups is 2. The molecule has 0 bridgehead atoms. The minimum Gasteiger partial charge on any atom is -0.497 e. The van der Waals surface area contributed by atoms with E-state index in [1.54, 1.807) is 11.8 Å². The van der Waals surface area contributed by atoms with Crippen molar-refractivity contribution in [1.29, 1.82) is 0 Å². The Kier molecular flexibility index (Phi) is 7.33. The van der Waals surface area contributed by atoms with Gasteiger partial charge >= 0.3 is 6.09 Å². The molecule has 190 valence electrons. The first kappa shape index (κ1) is 25.3. The zero-order valence-electron chi connectivity index (χ0n) is 21.4. The van der Waals surface area contributed by atoms with Crippen molar-refractivity contribution in [3.8, 4) is 22.7 Å². The second kappa shape index (κ2) is 10.4. The first-order valence-electron chi connectivity index (χ1n) is 12.3. The summed E-state index contributed by atoms with van der Waals surface area (Å²) in [4.78, 5) is 28.3. The number of rotatable bonds is 6. The second-order valence-corrected chi connectivity index (χ2v) is 10.1. The number of amides is 2. The van der Waals surface area contributed by atoms with Crippen LogP contribution in [0.25, 0.3) is 16.9 Å². The van der Waals surface area contributed by atoms with Gasteiger partial charge in [0.15, 0.2) is 5.69 Å². The Bertz CT molecular complexity index is 1200. The van der Waals surface area contributed by atoms with Crippen LogP contribution in [0.4, 0.5) is 4.79 Å². The van der Waals surface area contributed by atoms with Gasteiger partial charge in [0.25, 0.3) is 5.91 Å². The van der Waals surface area contributed by atoms with Crippen LogP contribution in [0.15, 0.2) is 54.6 Å². The normalized spacial score (nSPS) is 13.9. The standard InChI is InChI=1S/C28H34N4O4/c1-28(2,3)31(27(34)35)19-20-8-10-21(11-9-20)25-18-24(26(33)30-16-6-5-7-17-30)29-32(25)22-12-14-23(36-4)15-13-22/h8-15,18H,5-7,16-17,19H2,1-4H3,(H,34,35). The van der Waals surface area contributed by atoms with E-state index < -0.39 is 11.6 Å². The maximum atomic E-state index is 13.2. The van der Waals surface area contributed by atoms with Gasteiger partial charge in [0.1, 0.15) is 5.75 Å². The number of nitrogens with zero attached hydrogens (tertiary/aromatic N) is 4. The summed E-state index contributed by atoms with van der Waals surface area (Å²) in [6, 6.07) is 17.1. The van der Waals surface area contributed by atoms with Gasteiger partial charge < -0.3 is 14.7 Å². The van der Waals surface area contributed by atoms with E-state index in [2.05, 4.69) is 0 Å². The maximum absolute atomic E-state index is 13.2. The fourth-order valence-corrected chi connectivity index (χ4v) is 4.43. The van der Waals surface area contributed by atoms with E-state index in [9.17, 15) is 14.7 Å². The average Bonchev–Trinajstić information content (AvgIpc) is 3.32. The molecule has 1 aliphatic rings. The number of ether oxygens (including phenoxy) is 1. The van der Waals surface area contributed by atoms with Crippen LogP contribution in [-0.4, -0.2) is 62.4 Å². The van der Waals surface area contributed by atoms with Crippen molar-refractivity contribution in [2.45, 2.75) is 52.1 Å². The highest BCUT2D eigenvalue weighted by Crippen LogP contribution is 2.27. The summed E-state index contributed by atoms with van der Waals surface area (Å²) in [5, 5.41) is 14.3. The Labute approximate surface area is 212 Å². The number of benzene rings is 2. The second-order valence-electron chi connectivity index (χ2n) is 10.1. The SMILES string of the molecule is COc1ccc(-n2nc(C(=O)N3CCCCC3)cc2-c2ccc(CN(C(=O)O)C(C)(C)C)cc2)cc1. The van der Waals surface area contributed by atoms with Crippen LogP contribution in [0.1, 0.15) is 56.1 Å². The van der Waals surface area contributed by atoms with Crippen molar-refractivity contribution < 1.29 is 19.4 Å². The summed E-state index contributed by atoms with van der Waals surface area (Å²) in [6.45, 7) is 7.44. The highest BCUT2D eigenvalue weighted by Gasteiger charge is 2.26. The van der Waals surface area contributed by atoms with Crippen molar-refractivity contribution >= 4 is 12.0 Å². The van der Waals surface area contributed by atoms with Crippen molar-refractivity contribution in [2.24, 2.45) is 0 Å². The Hall–Kier alpha value is -3.81. The molecule has 0 radical (unpaired) electrons. The van der Waals surface area contributed by atoms with E-state index in [0.29, 0.717) is 5.69 Å². The summed E-state index contributed by atoms with van der Waals surface area (Å²) in [6.07, 6.45) is 2.23. The molecule has 2 heterocycles. The van der Waals surface area contributed by atoms with Gasteiger partial charge in [0.05, 0.1) is 18.5 Å². The number of aromatic nitrogens is 2. The number of likely N-dealkylation sites (tertiary alicyclic amines) is 1. The van der Waals surface area contributed by atoms with Crippen LogP contribution in [0.2, 0.25) is 0 Å². The predicted octanol–water partition coefficient (Wildman–Crippen LogP) is 5.45. The quantitative estimate of drug-likeness (QED) is 0.496. The lowest BCUT2D eigenvalue weighted by molar-refractivity contribution is 0.0717. The molecule has 3 aromatic rings. The zero-order chi connectivity index (χ0) is 25.9. The first-order chi connectivity index (χ1) is 17.2. The van der Waals surface area contributed by atoms with Crippen LogP contribution >= 0.6 is 0 Å². The van der Waals surface area contributed by atoms with Crippen molar-refractivity contribution in [3.05, 3.63) is 65.9 Å². The lowest BCUT2D eigenvalue weighted by Gasteiger charge is -2.33. The molecular weight excluding hydrogens is 456 g/mol. The molecule has 1 saturated heterocycles. The molecule has 36 heavy (non-hydrogen) atoms. The third-order valence-electron chi connectivity index (χ3n) is 6.52. The molecule has 0 saturated carbocycles. The number of carboxylic acid groups (broad SMARTS) is 1. The Morgan fingerprint density at radius 1 is 1.00 bits per heavy atom. The van der Waals surface area contributed by atoms with Gasteiger partial charge in [0.2, 0.25) is 0 Å². The molecule has 0 spiro atoms. The van der Waals surface area contributed by atoms with Crippen LogP contribution in [0, 0.1) is 0 Å². The van der Waals surface area contributed by atoms with Gasteiger partial charge in [-0.1, -0.05) is 24.3 Å². The Morgan fingerprint density at radius 2 is 1.64 bits per heavy atom. The zero-order valence-corrected chi connectivity index (χ0v) is 21.4. The monoisotopic (exact) mass is 490 g/mol. The molecule has 1 aromatic heterocycles. The minimum absolute atomic E-state index is 0.0536. The molecule has 2 aromatic carbocycles. The van der Waals surface area contributed by atoms with E-state index in [1.165, 1.54) is 4.90 Å². The maximum Gasteiger partial charge on any atom is 0.408 e.